The molecule has 1 aliphatic carbocycles. The van der Waals surface area contributed by atoms with Gasteiger partial charge in [-0.1, -0.05) is 317 Å². The molecule has 7 nitrogen and oxygen atoms in total. The minimum atomic E-state index is -0.0305. The highest BCUT2D eigenvalue weighted by molar-refractivity contribution is 6.37. The van der Waals surface area contributed by atoms with Gasteiger partial charge in [0.15, 0.2) is 0 Å². The van der Waals surface area contributed by atoms with Crippen LogP contribution in [0.5, 0.6) is 0 Å². The first kappa shape index (κ1) is 78.3. The van der Waals surface area contributed by atoms with E-state index in [0.29, 0.717) is 0 Å². The van der Waals surface area contributed by atoms with Crippen LogP contribution in [0.4, 0.5) is 0 Å². The van der Waals surface area contributed by atoms with Gasteiger partial charge in [-0.3, -0.25) is 15.0 Å². The summed E-state index contributed by atoms with van der Waals surface area (Å²) in [5.41, 5.74) is 35.0. The molecule has 0 atom stereocenters. The van der Waals surface area contributed by atoms with Crippen LogP contribution in [-0.4, -0.2) is 33.2 Å². The summed E-state index contributed by atoms with van der Waals surface area (Å²) in [6.45, 7) is 4.72. The monoisotopic (exact) mass is 1770 g/mol. The average molecular weight is 1770 g/mol. The van der Waals surface area contributed by atoms with Crippen molar-refractivity contribution in [2.24, 2.45) is 0 Å². The van der Waals surface area contributed by atoms with Gasteiger partial charge in [0, 0.05) is 73.7 Å². The number of rotatable bonds is 9. The molecule has 0 fully saturated rings. The molecule has 23 aromatic carbocycles. The molecule has 7 aromatic heterocycles. The van der Waals surface area contributed by atoms with Crippen molar-refractivity contribution in [1.82, 2.24) is 33.2 Å². The highest BCUT2D eigenvalue weighted by Gasteiger charge is 2.36. The lowest BCUT2D eigenvalue weighted by molar-refractivity contribution is 0.660. The maximum atomic E-state index is 4.96. The van der Waals surface area contributed by atoms with E-state index in [2.05, 4.69) is 463 Å². The number of nitrogens with zero attached hydrogens (tertiary/aromatic N) is 7. The normalized spacial score (nSPS) is 12.6. The Balaban J connectivity index is 0.000000100. The Morgan fingerprint density at radius 3 is 0.914 bits per heavy atom. The maximum Gasteiger partial charge on any atom is 0.0969 e. The minimum Gasteiger partial charge on any atom is -0.309 e. The number of pyridine rings is 3. The van der Waals surface area contributed by atoms with Crippen molar-refractivity contribution in [3.8, 4) is 89.5 Å². The van der Waals surface area contributed by atoms with Gasteiger partial charge in [-0.05, 0) is 320 Å². The number of hydrogen-bond donors (Lipinski definition) is 0. The van der Waals surface area contributed by atoms with Gasteiger partial charge >= 0.3 is 0 Å². The average Bonchev–Trinajstić information content (AvgIpc) is 1.61. The summed E-state index contributed by atoms with van der Waals surface area (Å²) in [5.74, 6) is 0. The first-order valence-corrected chi connectivity index (χ1v) is 48.0. The van der Waals surface area contributed by atoms with Crippen LogP contribution in [-0.2, 0) is 5.41 Å². The molecule has 31 rings (SSSR count). The van der Waals surface area contributed by atoms with Gasteiger partial charge in [0.2, 0.25) is 0 Å². The van der Waals surface area contributed by atoms with Crippen LogP contribution in [0.25, 0.3) is 274 Å². The first-order valence-electron chi connectivity index (χ1n) is 48.0. The molecule has 0 radical (unpaired) electrons. The molecule has 7 heterocycles. The van der Waals surface area contributed by atoms with Crippen LogP contribution in [0.3, 0.4) is 0 Å². The molecule has 139 heavy (non-hydrogen) atoms. The Kier molecular flexibility index (Phi) is 17.1. The largest absolute Gasteiger partial charge is 0.309 e. The summed E-state index contributed by atoms with van der Waals surface area (Å²) in [6.07, 6.45) is 5.75. The third-order valence-corrected chi connectivity index (χ3v) is 30.2. The topological polar surface area (TPSA) is 58.4 Å². The van der Waals surface area contributed by atoms with Crippen molar-refractivity contribution in [2.45, 2.75) is 19.3 Å². The van der Waals surface area contributed by atoms with E-state index in [0.717, 1.165) is 50.2 Å². The van der Waals surface area contributed by atoms with E-state index < -0.39 is 0 Å². The minimum absolute atomic E-state index is 0.0305. The van der Waals surface area contributed by atoms with Crippen molar-refractivity contribution < 1.29 is 0 Å². The van der Waals surface area contributed by atoms with Crippen LogP contribution in [0.1, 0.15) is 25.0 Å². The molecular weight excluding hydrogens is 1680 g/mol. The van der Waals surface area contributed by atoms with E-state index in [4.69, 9.17) is 15.0 Å². The molecule has 0 unspecified atom stereocenters. The maximum absolute atomic E-state index is 4.96. The molecule has 7 heteroatoms. The molecule has 646 valence electrons. The molecule has 0 N–H and O–H groups in total. The molecule has 0 spiro atoms. The van der Waals surface area contributed by atoms with Crippen molar-refractivity contribution in [3.63, 3.8) is 0 Å². The van der Waals surface area contributed by atoms with Crippen molar-refractivity contribution >= 4 is 185 Å². The molecule has 30 aromatic rings. The molecule has 0 bridgehead atoms. The number of benzene rings is 23. The van der Waals surface area contributed by atoms with Gasteiger partial charge in [-0.15, -0.1) is 0 Å². The van der Waals surface area contributed by atoms with Crippen molar-refractivity contribution in [1.29, 1.82) is 0 Å². The Morgan fingerprint density at radius 1 is 0.165 bits per heavy atom. The third kappa shape index (κ3) is 11.8. The summed E-state index contributed by atoms with van der Waals surface area (Å²) in [6, 6.07) is 164. The lowest BCUT2D eigenvalue weighted by atomic mass is 9.81. The molecule has 0 aliphatic heterocycles. The summed E-state index contributed by atoms with van der Waals surface area (Å²) in [4.78, 5) is 14.9. The second kappa shape index (κ2) is 30.4. The quantitative estimate of drug-likeness (QED) is 0.135. The van der Waals surface area contributed by atoms with Crippen LogP contribution in [0.2, 0.25) is 0 Å². The predicted molar refractivity (Wildman–Crippen MR) is 586 cm³/mol. The van der Waals surface area contributed by atoms with Gasteiger partial charge in [-0.2, -0.15) is 0 Å². The summed E-state index contributed by atoms with van der Waals surface area (Å²) < 4.78 is 9.46. The van der Waals surface area contributed by atoms with Gasteiger partial charge in [0.1, 0.15) is 0 Å². The third-order valence-electron chi connectivity index (χ3n) is 30.2. The van der Waals surface area contributed by atoms with Crippen LogP contribution >= 0.6 is 0 Å². The van der Waals surface area contributed by atoms with Gasteiger partial charge < -0.3 is 18.3 Å². The zero-order valence-electron chi connectivity index (χ0n) is 76.1. The second-order valence-corrected chi connectivity index (χ2v) is 37.9. The fourth-order valence-electron chi connectivity index (χ4n) is 24.1. The zero-order chi connectivity index (χ0) is 91.4. The second-order valence-electron chi connectivity index (χ2n) is 37.9. The van der Waals surface area contributed by atoms with Gasteiger partial charge in [0.05, 0.1) is 60.7 Å². The van der Waals surface area contributed by atoms with E-state index >= 15 is 0 Å². The Hall–Kier alpha value is -18.2. The van der Waals surface area contributed by atoms with Gasteiger partial charge in [0.25, 0.3) is 0 Å². The van der Waals surface area contributed by atoms with E-state index in [1.54, 1.807) is 0 Å². The SMILES string of the molecule is CC1(C)c2ccccc2-c2ccc(-c3ccc4ccc5c6c(ccc3c46)cc3c5c4ncccc4n3-c3ccccc3)cc21.c1ccc(-c2cc(-c3ccccc3)cc(-c3ccc4ccc5c6c(ccc3c46)cc3c5c4ncccc4n3-c3ccccc3)c2)cc1.c1ccc(-n2c3ccccc3c3cc(-c4ccc5ccc6c7c(ccc4c57)cc4c6c5ncccc5n4-c4ccccc4)ccc32)cc1. The van der Waals surface area contributed by atoms with Crippen LogP contribution < -0.4 is 0 Å². The van der Waals surface area contributed by atoms with Crippen LogP contribution in [0, 0.1) is 0 Å². The molecular formula is C132H83N7. The standard InChI is InChI=1S/C45H27N3.C45H28N2.C42H28N2/c1-3-10-31(11-4-1)47-38-15-8-7-14-34(38)37-26-29(20-24-39(37)47)33-21-17-28-18-23-36-43-30(19-22-35(33)42(28)43)27-41-44(36)45-40(16-9-25-46-45)48(41)32-12-5-2-6-13-32;1-4-11-29(12-5-1)33-25-34(30-13-6-2-7-14-30)27-35(26-33)37-21-18-31-19-23-39-43-32(20-22-38(37)42(31)43)28-41-44(39)45-40(17-10-24-46-45)47(41)36-15-8-3-9-16-36;1-42(2)34-12-7-6-11-30(34)31-19-16-26(23-35(31)42)29-18-14-25-15-21-33-39-27(17-20-32(29)38(25)39)24-37-40(33)41-36(13-8-22-43-41)44(37)28-9-4-3-5-10-28/h1-27H;1-28H;3-24H,1-2H3. The lowest BCUT2D eigenvalue weighted by Crippen LogP contribution is -2.14. The predicted octanol–water partition coefficient (Wildman–Crippen LogP) is 35.0. The first-order chi connectivity index (χ1) is 68.7. The fourth-order valence-corrected chi connectivity index (χ4v) is 24.1. The highest BCUT2D eigenvalue weighted by atomic mass is 15.0. The molecule has 0 amide bonds. The number of fused-ring (bicyclic) bond motifs is 18. The van der Waals surface area contributed by atoms with E-state index in [-0.39, 0.29) is 5.41 Å². The van der Waals surface area contributed by atoms with Crippen LogP contribution in [0.15, 0.2) is 468 Å². The Morgan fingerprint density at radius 2 is 0.475 bits per heavy atom. The number of hydrogen-bond acceptors (Lipinski definition) is 3. The molecule has 0 saturated heterocycles. The Bertz CT molecular complexity index is 10200. The number of aromatic nitrogens is 7. The number of para-hydroxylation sites is 5. The Labute approximate surface area is 799 Å². The smallest absolute Gasteiger partial charge is 0.0969 e. The summed E-state index contributed by atoms with van der Waals surface area (Å²) in [7, 11) is 0. The molecule has 0 saturated carbocycles. The summed E-state index contributed by atoms with van der Waals surface area (Å²) in [5, 5.41) is 29.2. The van der Waals surface area contributed by atoms with Crippen molar-refractivity contribution in [3.05, 3.63) is 479 Å². The van der Waals surface area contributed by atoms with E-state index in [9.17, 15) is 0 Å². The highest BCUT2D eigenvalue weighted by Crippen LogP contribution is 2.54. The molecule has 1 aliphatic rings. The summed E-state index contributed by atoms with van der Waals surface area (Å²) >= 11 is 0. The fraction of sp³-hybridized carbons (Fsp3) is 0.0227. The zero-order valence-corrected chi connectivity index (χ0v) is 76.1. The van der Waals surface area contributed by atoms with Crippen molar-refractivity contribution in [2.75, 3.05) is 0 Å². The lowest BCUT2D eigenvalue weighted by Gasteiger charge is -2.22. The van der Waals surface area contributed by atoms with Gasteiger partial charge in [-0.25, -0.2) is 0 Å². The van der Waals surface area contributed by atoms with E-state index in [1.165, 1.54) is 235 Å². The van der Waals surface area contributed by atoms with E-state index in [1.807, 2.05) is 36.8 Å².